The van der Waals surface area contributed by atoms with Gasteiger partial charge in [0.2, 0.25) is 0 Å². The zero-order valence-corrected chi connectivity index (χ0v) is 22.8. The van der Waals surface area contributed by atoms with E-state index in [2.05, 4.69) is 25.1 Å². The number of carbonyl (C=O) groups is 1. The fraction of sp³-hybridized carbons (Fsp3) is 0.321. The van der Waals surface area contributed by atoms with Crippen LogP contribution in [0.2, 0.25) is 0 Å². The summed E-state index contributed by atoms with van der Waals surface area (Å²) in [6, 6.07) is 13.4. The molecule has 2 aliphatic rings. The lowest BCUT2D eigenvalue weighted by atomic mass is 10.1. The van der Waals surface area contributed by atoms with Gasteiger partial charge in [-0.1, -0.05) is 6.07 Å². The number of ether oxygens (including phenoxy) is 1. The minimum absolute atomic E-state index is 0.0105. The number of sulfone groups is 1. The third-order valence-corrected chi connectivity index (χ3v) is 8.30. The van der Waals surface area contributed by atoms with Crippen molar-refractivity contribution >= 4 is 32.5 Å². The van der Waals surface area contributed by atoms with E-state index in [-0.39, 0.29) is 17.0 Å². The normalized spacial score (nSPS) is 17.9. The van der Waals surface area contributed by atoms with Gasteiger partial charge in [-0.2, -0.15) is 0 Å². The predicted molar refractivity (Wildman–Crippen MR) is 150 cm³/mol. The number of rotatable bonds is 6. The fourth-order valence-corrected chi connectivity index (χ4v) is 5.61. The second kappa shape index (κ2) is 10.9. The van der Waals surface area contributed by atoms with Crippen molar-refractivity contribution in [3.05, 3.63) is 72.3 Å². The average Bonchev–Trinajstić information content (AvgIpc) is 2.99. The van der Waals surface area contributed by atoms with Crippen molar-refractivity contribution in [1.29, 1.82) is 0 Å². The Morgan fingerprint density at radius 2 is 1.93 bits per heavy atom. The van der Waals surface area contributed by atoms with Gasteiger partial charge in [-0.25, -0.2) is 18.4 Å². The van der Waals surface area contributed by atoms with Crippen molar-refractivity contribution in [1.82, 2.24) is 30.2 Å². The second-order valence-corrected chi connectivity index (χ2v) is 12.0. The monoisotopic (exact) mass is 559 g/mol. The Kier molecular flexibility index (Phi) is 7.13. The number of morpholine rings is 1. The van der Waals surface area contributed by atoms with E-state index in [9.17, 15) is 13.2 Å². The summed E-state index contributed by atoms with van der Waals surface area (Å²) < 4.78 is 29.3. The highest BCUT2D eigenvalue weighted by molar-refractivity contribution is 7.90. The molecule has 6 heterocycles. The zero-order chi connectivity index (χ0) is 27.7. The number of fused-ring (bicyclic) bond motifs is 2. The Labute approximate surface area is 232 Å². The molecule has 12 heteroatoms. The number of anilines is 1. The highest BCUT2D eigenvalue weighted by atomic mass is 32.2. The molecule has 206 valence electrons. The van der Waals surface area contributed by atoms with Gasteiger partial charge in [0.25, 0.3) is 5.91 Å². The maximum absolute atomic E-state index is 12.6. The third-order valence-electron chi connectivity index (χ3n) is 7.22. The molecule has 0 radical (unpaired) electrons. The van der Waals surface area contributed by atoms with E-state index in [0.29, 0.717) is 11.7 Å². The van der Waals surface area contributed by atoms with Crippen molar-refractivity contribution in [3.63, 3.8) is 0 Å². The van der Waals surface area contributed by atoms with E-state index >= 15 is 0 Å². The first-order valence-electron chi connectivity index (χ1n) is 13.1. The second-order valence-electron chi connectivity index (χ2n) is 10.0. The van der Waals surface area contributed by atoms with E-state index in [1.54, 1.807) is 6.20 Å². The summed E-state index contributed by atoms with van der Waals surface area (Å²) in [5, 5.41) is 3.64. The summed E-state index contributed by atoms with van der Waals surface area (Å²) in [4.78, 5) is 35.5. The Bertz CT molecular complexity index is 1680. The largest absolute Gasteiger partial charge is 0.378 e. The number of nitrogens with zero attached hydrogens (tertiary/aromatic N) is 6. The molecule has 0 saturated carbocycles. The molecule has 2 aliphatic heterocycles. The molecule has 1 amide bonds. The van der Waals surface area contributed by atoms with Gasteiger partial charge in [-0.15, -0.1) is 0 Å². The van der Waals surface area contributed by atoms with Gasteiger partial charge in [-0.3, -0.25) is 19.7 Å². The number of hydrogen-bond acceptors (Lipinski definition) is 10. The molecule has 0 spiro atoms. The first-order chi connectivity index (χ1) is 19.3. The molecule has 0 unspecified atom stereocenters. The fourth-order valence-electron chi connectivity index (χ4n) is 5.01. The quantitative estimate of drug-likeness (QED) is 0.374. The van der Waals surface area contributed by atoms with Crippen LogP contribution in [0.1, 0.15) is 16.1 Å². The molecule has 1 N–H and O–H groups in total. The van der Waals surface area contributed by atoms with E-state index in [1.165, 1.54) is 18.5 Å². The average molecular weight is 560 g/mol. The zero-order valence-electron chi connectivity index (χ0n) is 22.0. The first kappa shape index (κ1) is 26.2. The number of aromatic nitrogens is 4. The van der Waals surface area contributed by atoms with E-state index in [0.717, 1.165) is 73.8 Å². The molecule has 0 aromatic carbocycles. The number of hydrogen-bond donors (Lipinski definition) is 1. The summed E-state index contributed by atoms with van der Waals surface area (Å²) in [5.41, 5.74) is 3.04. The summed E-state index contributed by atoms with van der Waals surface area (Å²) in [6.07, 6.45) is 5.34. The van der Waals surface area contributed by atoms with Crippen molar-refractivity contribution in [2.45, 2.75) is 17.5 Å². The minimum atomic E-state index is -3.47. The van der Waals surface area contributed by atoms with Crippen molar-refractivity contribution in [3.8, 4) is 11.4 Å². The Balaban J connectivity index is 1.18. The van der Waals surface area contributed by atoms with Gasteiger partial charge in [0.05, 0.1) is 58.9 Å². The summed E-state index contributed by atoms with van der Waals surface area (Å²) in [6.45, 7) is 5.50. The van der Waals surface area contributed by atoms with Crippen LogP contribution in [-0.4, -0.2) is 90.9 Å². The Morgan fingerprint density at radius 1 is 1.05 bits per heavy atom. The number of piperazine rings is 1. The predicted octanol–water partition coefficient (Wildman–Crippen LogP) is 1.94. The molecule has 40 heavy (non-hydrogen) atoms. The third kappa shape index (κ3) is 5.64. The molecule has 1 atom stereocenters. The molecular formula is C28H29N7O4S. The Morgan fingerprint density at radius 3 is 2.80 bits per heavy atom. The number of amides is 1. The van der Waals surface area contributed by atoms with Crippen LogP contribution in [0.25, 0.3) is 22.3 Å². The van der Waals surface area contributed by atoms with Crippen LogP contribution in [-0.2, 0) is 21.1 Å². The summed E-state index contributed by atoms with van der Waals surface area (Å²) in [5.74, 6) is 0.487. The van der Waals surface area contributed by atoms with Crippen molar-refractivity contribution in [2.24, 2.45) is 0 Å². The topological polar surface area (TPSA) is 131 Å². The molecule has 6 rings (SSSR count). The van der Waals surface area contributed by atoms with Crippen molar-refractivity contribution in [2.75, 3.05) is 50.5 Å². The summed E-state index contributed by atoms with van der Waals surface area (Å²) >= 11 is 0. The standard InChI is InChI=1S/C28H29N7O4S/c1-40(37,38)23-11-20(13-29-16-23)28(36)31-15-21-12-26-19(14-30-21)5-6-25(32-26)24-3-2-4-27(33-24)35-8-7-34-9-10-39-18-22(34)17-35/h2-6,11-14,16,22H,7-10,15,17-18H2,1H3,(H,31,36)/t22-/m1/s1. The summed E-state index contributed by atoms with van der Waals surface area (Å²) in [7, 11) is -3.47. The lowest BCUT2D eigenvalue weighted by Gasteiger charge is -2.44. The van der Waals surface area contributed by atoms with Crippen molar-refractivity contribution < 1.29 is 17.9 Å². The number of nitrogens with one attached hydrogen (secondary N) is 1. The highest BCUT2D eigenvalue weighted by Gasteiger charge is 2.30. The molecular weight excluding hydrogens is 530 g/mol. The minimum Gasteiger partial charge on any atom is -0.378 e. The van der Waals surface area contributed by atoms with Crippen LogP contribution >= 0.6 is 0 Å². The maximum Gasteiger partial charge on any atom is 0.253 e. The molecule has 0 aliphatic carbocycles. The van der Waals surface area contributed by atoms with Crippen LogP contribution in [0.15, 0.2) is 66.0 Å². The lowest BCUT2D eigenvalue weighted by molar-refractivity contribution is -0.0117. The molecule has 11 nitrogen and oxygen atoms in total. The van der Waals surface area contributed by atoms with E-state index < -0.39 is 15.7 Å². The SMILES string of the molecule is CS(=O)(=O)c1cncc(C(=O)NCc2cc3nc(-c4cccc(N5CCN6CCOC[C@H]6C5)n4)ccc3cn2)c1. The first-order valence-corrected chi connectivity index (χ1v) is 15.0. The van der Waals surface area contributed by atoms with Crippen LogP contribution < -0.4 is 10.2 Å². The number of carbonyl (C=O) groups excluding carboxylic acids is 1. The van der Waals surface area contributed by atoms with Gasteiger partial charge >= 0.3 is 0 Å². The van der Waals surface area contributed by atoms with Gasteiger partial charge in [0.15, 0.2) is 9.84 Å². The smallest absolute Gasteiger partial charge is 0.253 e. The van der Waals surface area contributed by atoms with Crippen LogP contribution in [0.3, 0.4) is 0 Å². The molecule has 4 aromatic heterocycles. The Hall–Kier alpha value is -4.00. The van der Waals surface area contributed by atoms with Gasteiger partial charge in [0, 0.05) is 56.4 Å². The number of pyridine rings is 4. The molecule has 2 saturated heterocycles. The lowest BCUT2D eigenvalue weighted by Crippen LogP contribution is -2.58. The highest BCUT2D eigenvalue weighted by Crippen LogP contribution is 2.24. The van der Waals surface area contributed by atoms with Gasteiger partial charge in [-0.05, 0) is 36.4 Å². The molecule has 0 bridgehead atoms. The maximum atomic E-state index is 12.6. The molecule has 2 fully saturated rings. The van der Waals surface area contributed by atoms with Crippen LogP contribution in [0.5, 0.6) is 0 Å². The van der Waals surface area contributed by atoms with E-state index in [4.69, 9.17) is 14.7 Å². The van der Waals surface area contributed by atoms with Gasteiger partial charge < -0.3 is 15.0 Å². The molecule has 4 aromatic rings. The van der Waals surface area contributed by atoms with Crippen LogP contribution in [0, 0.1) is 0 Å². The van der Waals surface area contributed by atoms with E-state index in [1.807, 2.05) is 36.4 Å². The van der Waals surface area contributed by atoms with Gasteiger partial charge in [0.1, 0.15) is 5.82 Å². The van der Waals surface area contributed by atoms with Crippen LogP contribution in [0.4, 0.5) is 5.82 Å².